The Balaban J connectivity index is 1.63. The second kappa shape index (κ2) is 24.4. The van der Waals surface area contributed by atoms with Gasteiger partial charge < -0.3 is 14.9 Å². The van der Waals surface area contributed by atoms with Crippen LogP contribution in [0, 0.1) is 11.8 Å². The van der Waals surface area contributed by atoms with Crippen molar-refractivity contribution >= 4 is 40.0 Å². The van der Waals surface area contributed by atoms with Crippen molar-refractivity contribution in [3.05, 3.63) is 44.3 Å². The molecule has 8 heteroatoms. The zero-order valence-corrected chi connectivity index (χ0v) is 35.0. The van der Waals surface area contributed by atoms with Crippen LogP contribution in [0.4, 0.5) is 0 Å². The molecule has 0 bridgehead atoms. The van der Waals surface area contributed by atoms with Crippen LogP contribution in [0.25, 0.3) is 11.4 Å². The molecule has 4 rings (SSSR count). The molecule has 2 aromatic heterocycles. The minimum atomic E-state index is -0.883. The van der Waals surface area contributed by atoms with Crippen molar-refractivity contribution in [2.75, 3.05) is 13.1 Å². The van der Waals surface area contributed by atoms with Gasteiger partial charge in [-0.15, -0.1) is 22.7 Å². The van der Waals surface area contributed by atoms with Crippen LogP contribution in [-0.2, 0) is 4.79 Å². The molecule has 0 saturated carbocycles. The Morgan fingerprint density at radius 2 is 1.00 bits per heavy atom. The molecule has 0 aromatic carbocycles. The number of rotatable bonds is 30. The maximum atomic E-state index is 14.9. The van der Waals surface area contributed by atoms with E-state index in [1.165, 1.54) is 135 Å². The Bertz CT molecular complexity index is 1320. The molecule has 0 aliphatic carbocycles. The van der Waals surface area contributed by atoms with Gasteiger partial charge in [0.15, 0.2) is 6.23 Å². The van der Waals surface area contributed by atoms with Crippen LogP contribution >= 0.6 is 22.7 Å². The highest BCUT2D eigenvalue weighted by atomic mass is 32.1. The van der Waals surface area contributed by atoms with Crippen LogP contribution in [0.5, 0.6) is 0 Å². The number of hydrogen-bond donors (Lipinski definition) is 1. The van der Waals surface area contributed by atoms with E-state index in [0.29, 0.717) is 24.0 Å². The van der Waals surface area contributed by atoms with Gasteiger partial charge in [-0.05, 0) is 37.5 Å². The van der Waals surface area contributed by atoms with Gasteiger partial charge in [-0.25, -0.2) is 9.97 Å². The van der Waals surface area contributed by atoms with E-state index in [1.54, 1.807) is 22.7 Å². The lowest BCUT2D eigenvalue weighted by atomic mass is 9.93. The molecule has 0 spiro atoms. The number of amides is 1. The predicted octanol–water partition coefficient (Wildman–Crippen LogP) is 12.9. The highest BCUT2D eigenvalue weighted by Crippen LogP contribution is 2.50. The molecule has 292 valence electrons. The number of fused-ring (bicyclic) bond motifs is 1. The monoisotopic (exact) mass is 753 g/mol. The van der Waals surface area contributed by atoms with Gasteiger partial charge in [0, 0.05) is 41.8 Å². The molecule has 52 heavy (non-hydrogen) atoms. The van der Waals surface area contributed by atoms with Crippen molar-refractivity contribution in [2.24, 2.45) is 11.8 Å². The fourth-order valence-corrected chi connectivity index (χ4v) is 9.77. The molecule has 3 atom stereocenters. The molecule has 0 saturated heterocycles. The van der Waals surface area contributed by atoms with Gasteiger partial charge in [0.2, 0.25) is 0 Å². The topological polar surface area (TPSA) is 69.6 Å². The number of nitrogens with zero attached hydrogens (tertiary/aromatic N) is 4. The molecule has 2 aliphatic rings. The fraction of sp³-hybridized carbons (Fsp3) is 0.750. The minimum absolute atomic E-state index is 0.0314. The van der Waals surface area contributed by atoms with Gasteiger partial charge >= 0.3 is 0 Å². The molecule has 0 radical (unpaired) electrons. The normalized spacial score (nSPS) is 17.2. The SMILES string of the molecule is CCCCCCCCC(CCCCCC)CN1C(=O)C2=C(c3nccs3)N(CC(CCCCCC)CCCCCCCC)C(O)C2=C1c1nccs1. The van der Waals surface area contributed by atoms with Crippen LogP contribution in [0.2, 0.25) is 0 Å². The second-order valence-corrected chi connectivity index (χ2v) is 17.4. The van der Waals surface area contributed by atoms with E-state index in [1.807, 2.05) is 28.1 Å². The first kappa shape index (κ1) is 42.7. The van der Waals surface area contributed by atoms with Gasteiger partial charge in [0.25, 0.3) is 5.91 Å². The van der Waals surface area contributed by atoms with Crippen LogP contribution in [0.1, 0.15) is 192 Å². The third kappa shape index (κ3) is 12.5. The molecular formula is C44H72N4O2S2. The summed E-state index contributed by atoms with van der Waals surface area (Å²) in [5, 5.41) is 18.1. The molecule has 1 amide bonds. The van der Waals surface area contributed by atoms with Crippen molar-refractivity contribution in [1.29, 1.82) is 0 Å². The summed E-state index contributed by atoms with van der Waals surface area (Å²) in [7, 11) is 0. The Hall–Kier alpha value is -2.03. The lowest BCUT2D eigenvalue weighted by Gasteiger charge is -2.32. The molecule has 2 aromatic rings. The smallest absolute Gasteiger partial charge is 0.261 e. The lowest BCUT2D eigenvalue weighted by Crippen LogP contribution is -2.37. The molecule has 6 nitrogen and oxygen atoms in total. The summed E-state index contributed by atoms with van der Waals surface area (Å²) in [6, 6.07) is 0. The quantitative estimate of drug-likeness (QED) is 0.0805. The molecule has 0 fully saturated rings. The van der Waals surface area contributed by atoms with E-state index in [-0.39, 0.29) is 5.91 Å². The molecular weight excluding hydrogens is 681 g/mol. The number of aliphatic hydroxyl groups is 1. The number of unbranched alkanes of at least 4 members (excludes halogenated alkanes) is 16. The first-order chi connectivity index (χ1) is 25.5. The number of carbonyl (C=O) groups is 1. The van der Waals surface area contributed by atoms with Crippen molar-refractivity contribution in [2.45, 2.75) is 188 Å². The minimum Gasteiger partial charge on any atom is -0.369 e. The zero-order chi connectivity index (χ0) is 37.0. The largest absolute Gasteiger partial charge is 0.369 e. The third-order valence-corrected chi connectivity index (χ3v) is 12.9. The predicted molar refractivity (Wildman–Crippen MR) is 223 cm³/mol. The van der Waals surface area contributed by atoms with Gasteiger partial charge in [0.1, 0.15) is 10.0 Å². The van der Waals surface area contributed by atoms with E-state index in [4.69, 9.17) is 9.97 Å². The second-order valence-electron chi connectivity index (χ2n) is 15.6. The Morgan fingerprint density at radius 3 is 1.44 bits per heavy atom. The van der Waals surface area contributed by atoms with Crippen LogP contribution in [0.15, 0.2) is 34.3 Å². The molecule has 3 unspecified atom stereocenters. The average molecular weight is 753 g/mol. The molecule has 1 N–H and O–H groups in total. The Kier molecular flexibility index (Phi) is 20.0. The Labute approximate surface area is 325 Å². The first-order valence-corrected chi connectivity index (χ1v) is 23.4. The first-order valence-electron chi connectivity index (χ1n) is 21.6. The van der Waals surface area contributed by atoms with E-state index >= 15 is 0 Å². The van der Waals surface area contributed by atoms with Crippen molar-refractivity contribution in [3.63, 3.8) is 0 Å². The van der Waals surface area contributed by atoms with Crippen molar-refractivity contribution in [1.82, 2.24) is 19.8 Å². The average Bonchev–Trinajstić information content (AvgIpc) is 3.96. The summed E-state index contributed by atoms with van der Waals surface area (Å²) >= 11 is 3.16. The number of aromatic nitrogens is 2. The number of aliphatic hydroxyl groups excluding tert-OH is 1. The van der Waals surface area contributed by atoms with Gasteiger partial charge in [-0.2, -0.15) is 0 Å². The standard InChI is InChI=1S/C44H72N4O2S2/c1-5-9-13-17-19-23-27-35(25-21-15-11-7-3)33-47-39(41-45-29-31-51-41)37-38(43(47)49)40(42-46-30-32-52-42)48(44(37)50)34-36(26-22-16-12-8-4)28-24-20-18-14-10-6-2/h29-32,35-36,43,49H,5-28,33-34H2,1-4H3. The zero-order valence-electron chi connectivity index (χ0n) is 33.4. The van der Waals surface area contributed by atoms with Crippen molar-refractivity contribution in [3.8, 4) is 0 Å². The molecule has 2 aliphatic heterocycles. The van der Waals surface area contributed by atoms with Gasteiger partial charge in [-0.1, -0.05) is 156 Å². The highest BCUT2D eigenvalue weighted by Gasteiger charge is 2.50. The summed E-state index contributed by atoms with van der Waals surface area (Å²) in [5.41, 5.74) is 3.12. The van der Waals surface area contributed by atoms with Crippen LogP contribution < -0.4 is 0 Å². The maximum absolute atomic E-state index is 14.9. The van der Waals surface area contributed by atoms with Crippen LogP contribution in [0.3, 0.4) is 0 Å². The fourth-order valence-electron chi connectivity index (χ4n) is 8.36. The Morgan fingerprint density at radius 1 is 0.596 bits per heavy atom. The summed E-state index contributed by atoms with van der Waals surface area (Å²) in [4.78, 5) is 28.7. The van der Waals surface area contributed by atoms with E-state index in [2.05, 4.69) is 32.6 Å². The van der Waals surface area contributed by atoms with Crippen LogP contribution in [-0.4, -0.2) is 50.1 Å². The summed E-state index contributed by atoms with van der Waals surface area (Å²) < 4.78 is 0. The highest BCUT2D eigenvalue weighted by molar-refractivity contribution is 7.11. The summed E-state index contributed by atoms with van der Waals surface area (Å²) in [6.45, 7) is 10.5. The van der Waals surface area contributed by atoms with E-state index in [0.717, 1.165) is 52.8 Å². The summed E-state index contributed by atoms with van der Waals surface area (Å²) in [5.74, 6) is 0.930. The van der Waals surface area contributed by atoms with Gasteiger partial charge in [-0.3, -0.25) is 4.79 Å². The number of thiazole rings is 2. The maximum Gasteiger partial charge on any atom is 0.261 e. The third-order valence-electron chi connectivity index (χ3n) is 11.4. The summed E-state index contributed by atoms with van der Waals surface area (Å²) in [6.07, 6.45) is 32.8. The van der Waals surface area contributed by atoms with Crippen molar-refractivity contribution < 1.29 is 9.90 Å². The van der Waals surface area contributed by atoms with Gasteiger partial charge in [0.05, 0.1) is 17.0 Å². The number of hydrogen-bond acceptors (Lipinski definition) is 7. The number of carbonyl (C=O) groups excluding carboxylic acids is 1. The van der Waals surface area contributed by atoms with E-state index < -0.39 is 6.23 Å². The molecule has 4 heterocycles. The lowest BCUT2D eigenvalue weighted by molar-refractivity contribution is -0.123. The van der Waals surface area contributed by atoms with E-state index in [9.17, 15) is 9.90 Å².